The van der Waals surface area contributed by atoms with Crippen LogP contribution in [0.3, 0.4) is 0 Å². The van der Waals surface area contributed by atoms with Gasteiger partial charge in [-0.1, -0.05) is 24.3 Å². The number of rotatable bonds is 10. The molecule has 0 aliphatic carbocycles. The minimum atomic E-state index is -0.430. The molecule has 0 aromatic heterocycles. The number of benzene rings is 2. The van der Waals surface area contributed by atoms with Gasteiger partial charge >= 0.3 is 6.09 Å². The first-order valence-corrected chi connectivity index (χ1v) is 11.9. The minimum Gasteiger partial charge on any atom is -0.493 e. The van der Waals surface area contributed by atoms with Crippen LogP contribution >= 0.6 is 0 Å². The Kier molecular flexibility index (Phi) is 10.3. The third-order valence-electron chi connectivity index (χ3n) is 5.66. The van der Waals surface area contributed by atoms with Crippen LogP contribution in [0.1, 0.15) is 24.0 Å². The first-order valence-electron chi connectivity index (χ1n) is 11.9. The van der Waals surface area contributed by atoms with Crippen molar-refractivity contribution in [1.29, 1.82) is 0 Å². The molecule has 196 valence electrons. The van der Waals surface area contributed by atoms with Crippen LogP contribution in [0.25, 0.3) is 12.2 Å². The number of nitrogens with one attached hydrogen (secondary N) is 1. The van der Waals surface area contributed by atoms with Crippen molar-refractivity contribution >= 4 is 29.8 Å². The average Bonchev–Trinajstić information content (AvgIpc) is 3.21. The lowest BCUT2D eigenvalue weighted by Crippen LogP contribution is -2.36. The summed E-state index contributed by atoms with van der Waals surface area (Å²) in [6, 6.07) is 10.3. The fraction of sp³-hybridized carbons (Fsp3) is 0.321. The van der Waals surface area contributed by atoms with Crippen molar-refractivity contribution in [2.75, 3.05) is 47.5 Å². The predicted molar refractivity (Wildman–Crippen MR) is 140 cm³/mol. The second kappa shape index (κ2) is 13.8. The van der Waals surface area contributed by atoms with E-state index in [-0.39, 0.29) is 18.0 Å². The van der Waals surface area contributed by atoms with E-state index >= 15 is 0 Å². The quantitative estimate of drug-likeness (QED) is 0.382. The lowest BCUT2D eigenvalue weighted by molar-refractivity contribution is -0.121. The van der Waals surface area contributed by atoms with Crippen molar-refractivity contribution in [3.8, 4) is 23.0 Å². The Morgan fingerprint density at radius 3 is 1.95 bits per heavy atom. The second-order valence-corrected chi connectivity index (χ2v) is 8.26. The fourth-order valence-corrected chi connectivity index (χ4v) is 3.68. The van der Waals surface area contributed by atoms with E-state index < -0.39 is 6.09 Å². The highest BCUT2D eigenvalue weighted by atomic mass is 16.6. The van der Waals surface area contributed by atoms with E-state index in [1.165, 1.54) is 26.4 Å². The number of carbonyl (C=O) groups excluding carboxylic acids is 3. The van der Waals surface area contributed by atoms with Crippen molar-refractivity contribution in [2.24, 2.45) is 0 Å². The first-order chi connectivity index (χ1) is 17.9. The molecule has 0 radical (unpaired) electrons. The largest absolute Gasteiger partial charge is 0.493 e. The highest BCUT2D eigenvalue weighted by molar-refractivity contribution is 6.10. The number of carbonyl (C=O) groups is 3. The zero-order valence-corrected chi connectivity index (χ0v) is 21.3. The number of amides is 1. The fourth-order valence-electron chi connectivity index (χ4n) is 3.68. The van der Waals surface area contributed by atoms with Gasteiger partial charge in [0.2, 0.25) is 0 Å². The second-order valence-electron chi connectivity index (χ2n) is 8.26. The molecule has 0 atom stereocenters. The molecule has 1 aliphatic rings. The molecule has 0 saturated carbocycles. The van der Waals surface area contributed by atoms with Crippen LogP contribution in [0.15, 0.2) is 48.6 Å². The zero-order valence-electron chi connectivity index (χ0n) is 21.3. The summed E-state index contributed by atoms with van der Waals surface area (Å²) in [7, 11) is 4.56. The summed E-state index contributed by atoms with van der Waals surface area (Å²) in [5.74, 6) is 1.13. The number of nitrogens with zero attached hydrogens (tertiary/aromatic N) is 1. The van der Waals surface area contributed by atoms with E-state index in [1.807, 2.05) is 0 Å². The third-order valence-corrected chi connectivity index (χ3v) is 5.66. The molecular weight excluding hydrogens is 476 g/mol. The maximum Gasteiger partial charge on any atom is 0.415 e. The average molecular weight is 509 g/mol. The molecule has 9 nitrogen and oxygen atoms in total. The molecule has 1 heterocycles. The van der Waals surface area contributed by atoms with Crippen LogP contribution < -0.4 is 24.3 Å². The van der Waals surface area contributed by atoms with Gasteiger partial charge in [0, 0.05) is 19.6 Å². The summed E-state index contributed by atoms with van der Waals surface area (Å²) in [4.78, 5) is 38.7. The molecule has 2 aromatic carbocycles. The van der Waals surface area contributed by atoms with Crippen molar-refractivity contribution in [2.45, 2.75) is 12.8 Å². The normalized spacial score (nSPS) is 13.9. The van der Waals surface area contributed by atoms with Crippen molar-refractivity contribution < 1.29 is 33.3 Å². The topological polar surface area (TPSA) is 103 Å². The molecule has 1 saturated heterocycles. The Hall–Kier alpha value is -4.11. The van der Waals surface area contributed by atoms with Gasteiger partial charge in [0.1, 0.15) is 0 Å². The molecule has 1 N–H and O–H groups in total. The number of ether oxygens (including phenoxy) is 4. The number of ketones is 2. The summed E-state index contributed by atoms with van der Waals surface area (Å²) in [5, 5.41) is 3.24. The van der Waals surface area contributed by atoms with Gasteiger partial charge in [-0.2, -0.15) is 0 Å². The molecule has 0 bridgehead atoms. The molecule has 1 fully saturated rings. The zero-order chi connectivity index (χ0) is 26.6. The highest BCUT2D eigenvalue weighted by Crippen LogP contribution is 2.30. The number of hydrogen-bond donors (Lipinski definition) is 1. The maximum atomic E-state index is 12.5. The number of allylic oxidation sites excluding steroid dienone is 2. The van der Waals surface area contributed by atoms with Crippen LogP contribution in [0.4, 0.5) is 4.79 Å². The SMILES string of the molecule is COc1ccc(/C=C/C(=O)CC(=O)/C=C/c2ccc(OC(=O)N3CCCNCC3)c(OC)c2)cc1OC. The van der Waals surface area contributed by atoms with E-state index in [4.69, 9.17) is 18.9 Å². The molecule has 0 spiro atoms. The summed E-state index contributed by atoms with van der Waals surface area (Å²) < 4.78 is 21.4. The summed E-state index contributed by atoms with van der Waals surface area (Å²) >= 11 is 0. The van der Waals surface area contributed by atoms with Crippen LogP contribution in [-0.4, -0.2) is 70.1 Å². The molecule has 2 aromatic rings. The van der Waals surface area contributed by atoms with E-state index in [9.17, 15) is 14.4 Å². The van der Waals surface area contributed by atoms with Gasteiger partial charge in [-0.3, -0.25) is 9.59 Å². The minimum absolute atomic E-state index is 0.266. The number of methoxy groups -OCH3 is 3. The standard InChI is InChI=1S/C28H32N2O7/c1-34-24-11-7-20(17-26(24)35-2)5-9-22(31)19-23(32)10-6-21-8-12-25(27(18-21)36-3)37-28(33)30-15-4-13-29-14-16-30/h5-12,17-18,29H,4,13-16,19H2,1-3H3/b9-5+,10-6+. The summed E-state index contributed by atoms with van der Waals surface area (Å²) in [5.41, 5.74) is 1.41. The third kappa shape index (κ3) is 8.22. The molecule has 1 aliphatic heterocycles. The molecule has 9 heteroatoms. The lowest BCUT2D eigenvalue weighted by Gasteiger charge is -2.20. The highest BCUT2D eigenvalue weighted by Gasteiger charge is 2.19. The maximum absolute atomic E-state index is 12.5. The summed E-state index contributed by atoms with van der Waals surface area (Å²) in [6.45, 7) is 2.79. The van der Waals surface area contributed by atoms with Crippen molar-refractivity contribution in [1.82, 2.24) is 10.2 Å². The van der Waals surface area contributed by atoms with Crippen LogP contribution in [0.2, 0.25) is 0 Å². The summed E-state index contributed by atoms with van der Waals surface area (Å²) in [6.07, 6.45) is 6.07. The van der Waals surface area contributed by atoms with Gasteiger partial charge in [-0.05, 0) is 60.5 Å². The van der Waals surface area contributed by atoms with Crippen LogP contribution in [0.5, 0.6) is 23.0 Å². The van der Waals surface area contributed by atoms with Gasteiger partial charge < -0.3 is 29.2 Å². The molecule has 3 rings (SSSR count). The molecule has 37 heavy (non-hydrogen) atoms. The Morgan fingerprint density at radius 1 is 0.784 bits per heavy atom. The lowest BCUT2D eigenvalue weighted by atomic mass is 10.1. The Bertz CT molecular complexity index is 1170. The smallest absolute Gasteiger partial charge is 0.415 e. The molecule has 1 amide bonds. The van der Waals surface area contributed by atoms with Crippen molar-refractivity contribution in [3.63, 3.8) is 0 Å². The van der Waals surface area contributed by atoms with E-state index in [1.54, 1.807) is 60.6 Å². The Morgan fingerprint density at radius 2 is 1.35 bits per heavy atom. The molecule has 0 unspecified atom stereocenters. The first kappa shape index (κ1) is 27.5. The van der Waals surface area contributed by atoms with E-state index in [2.05, 4.69) is 5.32 Å². The monoisotopic (exact) mass is 508 g/mol. The van der Waals surface area contributed by atoms with E-state index in [0.29, 0.717) is 41.7 Å². The molecular formula is C28H32N2O7. The van der Waals surface area contributed by atoms with Gasteiger partial charge in [0.25, 0.3) is 0 Å². The van der Waals surface area contributed by atoms with Gasteiger partial charge in [0.05, 0.1) is 27.8 Å². The van der Waals surface area contributed by atoms with Crippen LogP contribution in [-0.2, 0) is 9.59 Å². The van der Waals surface area contributed by atoms with E-state index in [0.717, 1.165) is 25.1 Å². The van der Waals surface area contributed by atoms with Gasteiger partial charge in [-0.25, -0.2) is 4.79 Å². The Balaban J connectivity index is 1.57. The predicted octanol–water partition coefficient (Wildman–Crippen LogP) is 3.76. The Labute approximate surface area is 216 Å². The van der Waals surface area contributed by atoms with Gasteiger partial charge in [-0.15, -0.1) is 0 Å². The number of hydrogen-bond acceptors (Lipinski definition) is 8. The van der Waals surface area contributed by atoms with Crippen molar-refractivity contribution in [3.05, 3.63) is 59.7 Å². The van der Waals surface area contributed by atoms with Crippen LogP contribution in [0, 0.1) is 0 Å². The van der Waals surface area contributed by atoms with Gasteiger partial charge in [0.15, 0.2) is 34.6 Å².